The first-order valence-corrected chi connectivity index (χ1v) is 8.11. The Morgan fingerprint density at radius 3 is 2.68 bits per heavy atom. The number of hydrogen-bond acceptors (Lipinski definition) is 4. The Morgan fingerprint density at radius 2 is 2.16 bits per heavy atom. The Labute approximate surface area is 114 Å². The van der Waals surface area contributed by atoms with Crippen molar-refractivity contribution in [2.24, 2.45) is 5.92 Å². The number of anilines is 1. The molecule has 0 radical (unpaired) electrons. The van der Waals surface area contributed by atoms with Crippen LogP contribution in [0.2, 0.25) is 0 Å². The van der Waals surface area contributed by atoms with E-state index in [2.05, 4.69) is 9.82 Å². The summed E-state index contributed by atoms with van der Waals surface area (Å²) in [4.78, 5) is 0.0784. The van der Waals surface area contributed by atoms with Crippen molar-refractivity contribution in [3.63, 3.8) is 0 Å². The van der Waals surface area contributed by atoms with Gasteiger partial charge in [0.15, 0.2) is 5.82 Å². The van der Waals surface area contributed by atoms with Gasteiger partial charge in [0.05, 0.1) is 0 Å². The van der Waals surface area contributed by atoms with E-state index >= 15 is 0 Å². The first-order valence-electron chi connectivity index (χ1n) is 6.63. The molecule has 1 aliphatic carbocycles. The van der Waals surface area contributed by atoms with Crippen molar-refractivity contribution < 1.29 is 8.42 Å². The Kier molecular flexibility index (Phi) is 3.61. The predicted molar refractivity (Wildman–Crippen MR) is 74.1 cm³/mol. The quantitative estimate of drug-likeness (QED) is 0.825. The Hall–Kier alpha value is -1.08. The van der Waals surface area contributed by atoms with Crippen molar-refractivity contribution in [3.05, 3.63) is 6.20 Å². The summed E-state index contributed by atoms with van der Waals surface area (Å²) in [5, 5.41) is 4.03. The zero-order chi connectivity index (χ0) is 14.3. The highest BCUT2D eigenvalue weighted by Gasteiger charge is 2.41. The Morgan fingerprint density at radius 1 is 1.53 bits per heavy atom. The third kappa shape index (κ3) is 3.09. The lowest BCUT2D eigenvalue weighted by Gasteiger charge is -2.25. The van der Waals surface area contributed by atoms with Gasteiger partial charge in [-0.15, -0.1) is 0 Å². The molecule has 0 amide bonds. The minimum Gasteiger partial charge on any atom is -0.381 e. The molecule has 1 aliphatic rings. The summed E-state index contributed by atoms with van der Waals surface area (Å²) in [5.74, 6) is 0.474. The lowest BCUT2D eigenvalue weighted by molar-refractivity contribution is 0.400. The number of nitrogens with zero attached hydrogens (tertiary/aromatic N) is 2. The molecule has 1 fully saturated rings. The molecule has 108 valence electrons. The second-order valence-corrected chi connectivity index (χ2v) is 7.39. The minimum atomic E-state index is -3.61. The van der Waals surface area contributed by atoms with E-state index in [1.807, 2.05) is 20.8 Å². The van der Waals surface area contributed by atoms with Crippen LogP contribution in [0.5, 0.6) is 0 Å². The van der Waals surface area contributed by atoms with Crippen molar-refractivity contribution in [1.29, 1.82) is 0 Å². The van der Waals surface area contributed by atoms with Gasteiger partial charge in [-0.2, -0.15) is 5.10 Å². The zero-order valence-electron chi connectivity index (χ0n) is 11.7. The number of nitrogens with one attached hydrogen (secondary N) is 1. The molecule has 0 unspecified atom stereocenters. The van der Waals surface area contributed by atoms with Crippen molar-refractivity contribution in [3.8, 4) is 0 Å². The number of aryl methyl sites for hydroxylation is 1. The van der Waals surface area contributed by atoms with Gasteiger partial charge < -0.3 is 5.73 Å². The van der Waals surface area contributed by atoms with E-state index in [1.54, 1.807) is 4.68 Å². The summed E-state index contributed by atoms with van der Waals surface area (Å²) >= 11 is 0. The van der Waals surface area contributed by atoms with Crippen molar-refractivity contribution >= 4 is 15.8 Å². The van der Waals surface area contributed by atoms with Crippen LogP contribution in [0, 0.1) is 5.92 Å². The normalized spacial score (nSPS) is 16.8. The highest BCUT2D eigenvalue weighted by molar-refractivity contribution is 7.89. The highest BCUT2D eigenvalue weighted by atomic mass is 32.2. The maximum atomic E-state index is 12.4. The maximum Gasteiger partial charge on any atom is 0.246 e. The molecular formula is C12H22N4O2S. The number of nitrogen functional groups attached to an aromatic ring is 1. The molecule has 1 saturated carbocycles. The molecule has 1 heterocycles. The summed E-state index contributed by atoms with van der Waals surface area (Å²) < 4.78 is 29.1. The first kappa shape index (κ1) is 14.3. The summed E-state index contributed by atoms with van der Waals surface area (Å²) in [6, 6.07) is 0. The number of hydrogen-bond donors (Lipinski definition) is 2. The van der Waals surface area contributed by atoms with Gasteiger partial charge >= 0.3 is 0 Å². The van der Waals surface area contributed by atoms with E-state index in [4.69, 9.17) is 5.73 Å². The van der Waals surface area contributed by atoms with Gasteiger partial charge in [-0.3, -0.25) is 4.68 Å². The topological polar surface area (TPSA) is 90.0 Å². The first-order chi connectivity index (χ1) is 8.76. The molecule has 1 aromatic rings. The van der Waals surface area contributed by atoms with Crippen molar-refractivity contribution in [1.82, 2.24) is 14.5 Å². The van der Waals surface area contributed by atoms with Gasteiger partial charge in [-0.25, -0.2) is 13.1 Å². The fourth-order valence-corrected chi connectivity index (χ4v) is 3.80. The van der Waals surface area contributed by atoms with Crippen LogP contribution < -0.4 is 10.5 Å². The monoisotopic (exact) mass is 286 g/mol. The van der Waals surface area contributed by atoms with E-state index in [9.17, 15) is 8.42 Å². The van der Waals surface area contributed by atoms with Crippen LogP contribution in [0.25, 0.3) is 0 Å². The molecule has 0 saturated heterocycles. The van der Waals surface area contributed by atoms with Crippen LogP contribution in [0.4, 0.5) is 5.82 Å². The SMILES string of the molecule is CCCn1cc(S(=O)(=O)NC(C)(C)C2CC2)c(N)n1. The second-order valence-electron chi connectivity index (χ2n) is 5.74. The molecule has 0 aliphatic heterocycles. The summed E-state index contributed by atoms with van der Waals surface area (Å²) in [6.07, 6.45) is 4.52. The van der Waals surface area contributed by atoms with E-state index < -0.39 is 15.6 Å². The predicted octanol–water partition coefficient (Wildman–Crippen LogP) is 1.34. The third-order valence-corrected chi connectivity index (χ3v) is 5.18. The minimum absolute atomic E-state index is 0.0625. The summed E-state index contributed by atoms with van der Waals surface area (Å²) in [5.41, 5.74) is 5.28. The molecule has 0 aromatic carbocycles. The fourth-order valence-electron chi connectivity index (χ4n) is 2.26. The van der Waals surface area contributed by atoms with Crippen LogP contribution in [0.3, 0.4) is 0 Å². The van der Waals surface area contributed by atoms with Crippen molar-refractivity contribution in [2.75, 3.05) is 5.73 Å². The fraction of sp³-hybridized carbons (Fsp3) is 0.750. The van der Waals surface area contributed by atoms with Gasteiger partial charge in [0.25, 0.3) is 0 Å². The lowest BCUT2D eigenvalue weighted by atomic mass is 10.0. The van der Waals surface area contributed by atoms with Gasteiger partial charge in [0, 0.05) is 18.3 Å². The van der Waals surface area contributed by atoms with E-state index in [1.165, 1.54) is 6.20 Å². The average Bonchev–Trinajstić information content (AvgIpc) is 3.03. The molecular weight excluding hydrogens is 264 g/mol. The molecule has 19 heavy (non-hydrogen) atoms. The van der Waals surface area contributed by atoms with Crippen LogP contribution in [0.1, 0.15) is 40.0 Å². The highest BCUT2D eigenvalue weighted by Crippen LogP contribution is 2.40. The smallest absolute Gasteiger partial charge is 0.246 e. The molecule has 3 N–H and O–H groups in total. The molecule has 2 rings (SSSR count). The second kappa shape index (κ2) is 4.79. The van der Waals surface area contributed by atoms with E-state index in [-0.39, 0.29) is 10.7 Å². The van der Waals surface area contributed by atoms with Crippen LogP contribution in [0.15, 0.2) is 11.1 Å². The lowest BCUT2D eigenvalue weighted by Crippen LogP contribution is -2.45. The van der Waals surface area contributed by atoms with Crippen LogP contribution in [-0.2, 0) is 16.6 Å². The Balaban J connectivity index is 2.23. The van der Waals surface area contributed by atoms with Gasteiger partial charge in [-0.1, -0.05) is 6.92 Å². The molecule has 6 nitrogen and oxygen atoms in total. The van der Waals surface area contributed by atoms with Crippen LogP contribution in [-0.4, -0.2) is 23.7 Å². The van der Waals surface area contributed by atoms with E-state index in [0.29, 0.717) is 12.5 Å². The maximum absolute atomic E-state index is 12.4. The number of aromatic nitrogens is 2. The Bertz CT molecular complexity index is 558. The summed E-state index contributed by atoms with van der Waals surface area (Å²) in [7, 11) is -3.61. The van der Waals surface area contributed by atoms with Crippen LogP contribution >= 0.6 is 0 Å². The number of sulfonamides is 1. The summed E-state index contributed by atoms with van der Waals surface area (Å²) in [6.45, 7) is 6.48. The molecule has 7 heteroatoms. The average molecular weight is 286 g/mol. The molecule has 0 spiro atoms. The number of rotatable bonds is 6. The standard InChI is InChI=1S/C12H22N4O2S/c1-4-7-16-8-10(11(13)14-16)19(17,18)15-12(2,3)9-5-6-9/h8-9,15H,4-7H2,1-3H3,(H2,13,14). The molecule has 0 atom stereocenters. The van der Waals surface area contributed by atoms with E-state index in [0.717, 1.165) is 19.3 Å². The van der Waals surface area contributed by atoms with Gasteiger partial charge in [-0.05, 0) is 39.0 Å². The van der Waals surface area contributed by atoms with Gasteiger partial charge in [0.1, 0.15) is 4.90 Å². The van der Waals surface area contributed by atoms with Gasteiger partial charge in [0.2, 0.25) is 10.0 Å². The zero-order valence-corrected chi connectivity index (χ0v) is 12.5. The van der Waals surface area contributed by atoms with Crippen molar-refractivity contribution in [2.45, 2.75) is 57.0 Å². The molecule has 0 bridgehead atoms. The third-order valence-electron chi connectivity index (χ3n) is 3.49. The largest absolute Gasteiger partial charge is 0.381 e. The molecule has 1 aromatic heterocycles. The number of nitrogens with two attached hydrogens (primary N) is 1.